The van der Waals surface area contributed by atoms with Gasteiger partial charge in [0.25, 0.3) is 0 Å². The van der Waals surface area contributed by atoms with Gasteiger partial charge in [-0.05, 0) is 37.8 Å². The summed E-state index contributed by atoms with van der Waals surface area (Å²) in [6, 6.07) is 10.4. The minimum atomic E-state index is -0.162. The van der Waals surface area contributed by atoms with Crippen molar-refractivity contribution in [2.75, 3.05) is 26.7 Å². The second-order valence-corrected chi connectivity index (χ2v) is 7.37. The van der Waals surface area contributed by atoms with Gasteiger partial charge in [-0.15, -0.1) is 0 Å². The molecule has 1 aliphatic carbocycles. The number of likely N-dealkylation sites (N-methyl/N-ethyl adjacent to an activating group) is 1. The summed E-state index contributed by atoms with van der Waals surface area (Å²) in [6.45, 7) is 1.81. The molecule has 0 spiro atoms. The summed E-state index contributed by atoms with van der Waals surface area (Å²) in [5, 5.41) is 5.86. The number of carbonyl (C=O) groups is 2. The first kappa shape index (κ1) is 17.9. The van der Waals surface area contributed by atoms with Gasteiger partial charge in [0.2, 0.25) is 11.8 Å². The molecule has 3 rings (SSSR count). The molecule has 5 nitrogen and oxygen atoms in total. The van der Waals surface area contributed by atoms with Gasteiger partial charge in [0.05, 0.1) is 12.6 Å². The maximum Gasteiger partial charge on any atom is 0.237 e. The topological polar surface area (TPSA) is 61.4 Å². The Morgan fingerprint density at radius 2 is 1.88 bits per heavy atom. The summed E-state index contributed by atoms with van der Waals surface area (Å²) in [4.78, 5) is 26.4. The number of likely N-dealkylation sites (tertiary alicyclic amines) is 1. The van der Waals surface area contributed by atoms with Crippen molar-refractivity contribution in [3.8, 4) is 0 Å². The molecular weight excluding hydrogens is 314 g/mol. The van der Waals surface area contributed by atoms with E-state index < -0.39 is 0 Å². The number of hydrogen-bond donors (Lipinski definition) is 2. The third kappa shape index (κ3) is 4.03. The Balaban J connectivity index is 1.58. The number of hydrogen-bond acceptors (Lipinski definition) is 3. The van der Waals surface area contributed by atoms with E-state index in [4.69, 9.17) is 0 Å². The van der Waals surface area contributed by atoms with Crippen LogP contribution in [0.1, 0.15) is 44.1 Å². The van der Waals surface area contributed by atoms with E-state index in [0.717, 1.165) is 32.2 Å². The molecule has 1 aliphatic heterocycles. The molecule has 1 aromatic rings. The van der Waals surface area contributed by atoms with Gasteiger partial charge in [0.1, 0.15) is 0 Å². The first-order valence-corrected chi connectivity index (χ1v) is 9.42. The lowest BCUT2D eigenvalue weighted by Crippen LogP contribution is -2.48. The lowest BCUT2D eigenvalue weighted by atomic mass is 9.79. The molecule has 1 unspecified atom stereocenters. The maximum absolute atomic E-state index is 12.5. The molecule has 5 heteroatoms. The smallest absolute Gasteiger partial charge is 0.237 e. The summed E-state index contributed by atoms with van der Waals surface area (Å²) in [6.07, 6.45) is 6.50. The van der Waals surface area contributed by atoms with Crippen LogP contribution in [-0.2, 0) is 15.0 Å². The van der Waals surface area contributed by atoms with Gasteiger partial charge in [-0.3, -0.25) is 14.5 Å². The number of rotatable bonds is 6. The van der Waals surface area contributed by atoms with Crippen molar-refractivity contribution < 1.29 is 9.59 Å². The van der Waals surface area contributed by atoms with E-state index in [0.29, 0.717) is 13.1 Å². The SMILES string of the molecule is CNC(=O)C1CCCN1CC(=O)NCC1(c2ccccc2)CCCC1. The number of nitrogens with zero attached hydrogens (tertiary/aromatic N) is 1. The summed E-state index contributed by atoms with van der Waals surface area (Å²) < 4.78 is 0. The first-order chi connectivity index (χ1) is 12.1. The van der Waals surface area contributed by atoms with Crippen LogP contribution in [0, 0.1) is 0 Å². The van der Waals surface area contributed by atoms with E-state index in [9.17, 15) is 9.59 Å². The predicted octanol–water partition coefficient (Wildman–Crippen LogP) is 1.82. The highest BCUT2D eigenvalue weighted by molar-refractivity contribution is 5.83. The molecule has 1 heterocycles. The molecule has 1 saturated carbocycles. The minimum Gasteiger partial charge on any atom is -0.358 e. The molecule has 0 aromatic heterocycles. The third-order valence-corrected chi connectivity index (χ3v) is 5.83. The Morgan fingerprint density at radius 1 is 1.16 bits per heavy atom. The van der Waals surface area contributed by atoms with Crippen LogP contribution in [0.5, 0.6) is 0 Å². The highest BCUT2D eigenvalue weighted by Crippen LogP contribution is 2.40. The molecule has 2 aliphatic rings. The molecule has 2 fully saturated rings. The van der Waals surface area contributed by atoms with E-state index in [2.05, 4.69) is 34.9 Å². The highest BCUT2D eigenvalue weighted by atomic mass is 16.2. The fraction of sp³-hybridized carbons (Fsp3) is 0.600. The Labute approximate surface area is 150 Å². The zero-order chi connectivity index (χ0) is 17.7. The van der Waals surface area contributed by atoms with Gasteiger partial charge < -0.3 is 10.6 Å². The lowest BCUT2D eigenvalue weighted by molar-refractivity contribution is -0.127. The predicted molar refractivity (Wildman–Crippen MR) is 98.3 cm³/mol. The van der Waals surface area contributed by atoms with Crippen LogP contribution in [0.15, 0.2) is 30.3 Å². The largest absolute Gasteiger partial charge is 0.358 e. The van der Waals surface area contributed by atoms with Gasteiger partial charge in [-0.25, -0.2) is 0 Å². The zero-order valence-corrected chi connectivity index (χ0v) is 15.1. The van der Waals surface area contributed by atoms with Crippen LogP contribution in [0.3, 0.4) is 0 Å². The van der Waals surface area contributed by atoms with Crippen molar-refractivity contribution in [1.29, 1.82) is 0 Å². The first-order valence-electron chi connectivity index (χ1n) is 9.42. The molecule has 0 bridgehead atoms. The number of nitrogens with one attached hydrogen (secondary N) is 2. The van der Waals surface area contributed by atoms with E-state index in [1.165, 1.54) is 18.4 Å². The van der Waals surface area contributed by atoms with Gasteiger partial charge in [-0.2, -0.15) is 0 Å². The van der Waals surface area contributed by atoms with E-state index in [1.54, 1.807) is 7.05 Å². The van der Waals surface area contributed by atoms with Crippen molar-refractivity contribution in [3.63, 3.8) is 0 Å². The Bertz CT molecular complexity index is 596. The Kier molecular flexibility index (Phi) is 5.74. The van der Waals surface area contributed by atoms with E-state index in [1.807, 2.05) is 11.0 Å². The van der Waals surface area contributed by atoms with Crippen LogP contribution < -0.4 is 10.6 Å². The lowest BCUT2D eigenvalue weighted by Gasteiger charge is -2.30. The molecule has 0 radical (unpaired) electrons. The molecule has 2 amide bonds. The second kappa shape index (κ2) is 8.00. The van der Waals surface area contributed by atoms with Crippen molar-refractivity contribution >= 4 is 11.8 Å². The average molecular weight is 343 g/mol. The number of benzene rings is 1. The molecule has 1 saturated heterocycles. The van der Waals surface area contributed by atoms with Crippen molar-refractivity contribution in [3.05, 3.63) is 35.9 Å². The normalized spacial score (nSPS) is 22.7. The molecule has 2 N–H and O–H groups in total. The fourth-order valence-corrected chi connectivity index (χ4v) is 4.40. The number of amides is 2. The maximum atomic E-state index is 12.5. The van der Waals surface area contributed by atoms with Crippen molar-refractivity contribution in [2.24, 2.45) is 0 Å². The van der Waals surface area contributed by atoms with Gasteiger partial charge in [0, 0.05) is 19.0 Å². The monoisotopic (exact) mass is 343 g/mol. The zero-order valence-electron chi connectivity index (χ0n) is 15.1. The van der Waals surface area contributed by atoms with Gasteiger partial charge in [-0.1, -0.05) is 43.2 Å². The van der Waals surface area contributed by atoms with Crippen molar-refractivity contribution in [2.45, 2.75) is 50.0 Å². The Morgan fingerprint density at radius 3 is 2.56 bits per heavy atom. The summed E-state index contributed by atoms with van der Waals surface area (Å²) in [5.74, 6) is 0.0415. The van der Waals surface area contributed by atoms with Crippen molar-refractivity contribution in [1.82, 2.24) is 15.5 Å². The quantitative estimate of drug-likeness (QED) is 0.828. The average Bonchev–Trinajstić information content (AvgIpc) is 3.30. The van der Waals surface area contributed by atoms with Gasteiger partial charge in [0.15, 0.2) is 0 Å². The van der Waals surface area contributed by atoms with Crippen LogP contribution in [-0.4, -0.2) is 49.4 Å². The molecule has 136 valence electrons. The molecule has 1 atom stereocenters. The van der Waals surface area contributed by atoms with Crippen LogP contribution in [0.4, 0.5) is 0 Å². The van der Waals surface area contributed by atoms with Crippen LogP contribution in [0.25, 0.3) is 0 Å². The minimum absolute atomic E-state index is 0.0156. The van der Waals surface area contributed by atoms with Crippen LogP contribution in [0.2, 0.25) is 0 Å². The highest BCUT2D eigenvalue weighted by Gasteiger charge is 2.36. The third-order valence-electron chi connectivity index (χ3n) is 5.83. The van der Waals surface area contributed by atoms with E-state index >= 15 is 0 Å². The Hall–Kier alpha value is -1.88. The van der Waals surface area contributed by atoms with Crippen LogP contribution >= 0.6 is 0 Å². The molecular formula is C20H29N3O2. The number of carbonyl (C=O) groups excluding carboxylic acids is 2. The standard InChI is InChI=1S/C20H29N3O2/c1-21-19(25)17-10-7-13-23(17)14-18(24)22-15-20(11-5-6-12-20)16-8-3-2-4-9-16/h2-4,8-9,17H,5-7,10-15H2,1H3,(H,21,25)(H,22,24). The second-order valence-electron chi connectivity index (χ2n) is 7.37. The molecule has 1 aromatic carbocycles. The summed E-state index contributed by atoms with van der Waals surface area (Å²) in [7, 11) is 1.66. The van der Waals surface area contributed by atoms with Gasteiger partial charge >= 0.3 is 0 Å². The summed E-state index contributed by atoms with van der Waals surface area (Å²) >= 11 is 0. The summed E-state index contributed by atoms with van der Waals surface area (Å²) in [5.41, 5.74) is 1.40. The van der Waals surface area contributed by atoms with E-state index in [-0.39, 0.29) is 23.3 Å². The fourth-order valence-electron chi connectivity index (χ4n) is 4.40. The molecule has 25 heavy (non-hydrogen) atoms.